The van der Waals surface area contributed by atoms with E-state index in [-0.39, 0.29) is 5.91 Å². The van der Waals surface area contributed by atoms with E-state index in [2.05, 4.69) is 36.2 Å². The van der Waals surface area contributed by atoms with Gasteiger partial charge in [-0.05, 0) is 62.3 Å². The maximum Gasteiger partial charge on any atom is 0.236 e. The van der Waals surface area contributed by atoms with E-state index in [1.165, 1.54) is 18.4 Å². The van der Waals surface area contributed by atoms with Crippen LogP contribution in [0.2, 0.25) is 0 Å². The first kappa shape index (κ1) is 15.1. The molecule has 0 unspecified atom stereocenters. The van der Waals surface area contributed by atoms with Gasteiger partial charge in [0.05, 0.1) is 6.54 Å². The highest BCUT2D eigenvalue weighted by Crippen LogP contribution is 2.15. The fraction of sp³-hybridized carbons (Fsp3) is 0.647. The minimum absolute atomic E-state index is 0.262. The Labute approximate surface area is 122 Å². The van der Waals surface area contributed by atoms with Crippen LogP contribution in [0.1, 0.15) is 39.0 Å². The van der Waals surface area contributed by atoms with Crippen LogP contribution in [0.4, 0.5) is 0 Å². The Kier molecular flexibility index (Phi) is 6.10. The van der Waals surface area contributed by atoms with Gasteiger partial charge in [-0.3, -0.25) is 4.79 Å². The number of nitrogens with zero attached hydrogens (tertiary/aromatic N) is 1. The molecule has 0 radical (unpaired) electrons. The van der Waals surface area contributed by atoms with Crippen molar-refractivity contribution in [3.05, 3.63) is 29.5 Å². The van der Waals surface area contributed by atoms with Gasteiger partial charge in [-0.2, -0.15) is 0 Å². The molecule has 1 aliphatic carbocycles. The van der Waals surface area contributed by atoms with E-state index < -0.39 is 0 Å². The van der Waals surface area contributed by atoms with E-state index in [4.69, 9.17) is 0 Å². The Bertz CT molecular complexity index is 413. The first-order valence-corrected chi connectivity index (χ1v) is 7.84. The molecule has 1 atom stereocenters. The molecule has 20 heavy (non-hydrogen) atoms. The number of amides is 1. The molecule has 110 valence electrons. The normalized spacial score (nSPS) is 19.2. The van der Waals surface area contributed by atoms with Crippen molar-refractivity contribution in [2.45, 2.75) is 39.0 Å². The maximum absolute atomic E-state index is 11.9. The van der Waals surface area contributed by atoms with Crippen molar-refractivity contribution in [2.24, 2.45) is 5.92 Å². The second-order valence-corrected chi connectivity index (χ2v) is 5.89. The Morgan fingerprint density at radius 1 is 1.45 bits per heavy atom. The third-order valence-electron chi connectivity index (χ3n) is 4.04. The van der Waals surface area contributed by atoms with Crippen LogP contribution in [0.3, 0.4) is 0 Å². The summed E-state index contributed by atoms with van der Waals surface area (Å²) in [6, 6.07) is 0. The van der Waals surface area contributed by atoms with E-state index in [1.807, 2.05) is 4.90 Å². The summed E-state index contributed by atoms with van der Waals surface area (Å²) in [5.41, 5.74) is 4.56. The second kappa shape index (κ2) is 8.08. The molecule has 0 aromatic heterocycles. The van der Waals surface area contributed by atoms with Gasteiger partial charge in [-0.1, -0.05) is 13.0 Å². The molecule has 2 aliphatic rings. The molecular weight excluding hydrogens is 248 g/mol. The standard InChI is InChI=1S/C17H26N2O/c1-15(9-10-16-7-3-2-4-8-16)13-18-14-17(20)19-11-5-6-12-19/h2,7-8,15,18H,3,5-6,9-14H2,1H3/t15-/m1/s1. The van der Waals surface area contributed by atoms with Gasteiger partial charge >= 0.3 is 0 Å². The highest BCUT2D eigenvalue weighted by molar-refractivity contribution is 5.78. The van der Waals surface area contributed by atoms with E-state index in [1.54, 1.807) is 0 Å². The lowest BCUT2D eigenvalue weighted by molar-refractivity contribution is -0.129. The third-order valence-corrected chi connectivity index (χ3v) is 4.04. The molecular formula is C17H26N2O. The van der Waals surface area contributed by atoms with Crippen LogP contribution >= 0.6 is 0 Å². The molecule has 3 nitrogen and oxygen atoms in total. The van der Waals surface area contributed by atoms with E-state index in [9.17, 15) is 4.79 Å². The zero-order valence-corrected chi connectivity index (χ0v) is 12.5. The van der Waals surface area contributed by atoms with Crippen LogP contribution in [0, 0.1) is 5.92 Å². The SMILES string of the molecule is C[C@H](CCC1=CCC=C=C1)CNCC(=O)N1CCCC1. The number of allylic oxidation sites excluding steroid dienone is 3. The quantitative estimate of drug-likeness (QED) is 0.724. The van der Waals surface area contributed by atoms with Gasteiger partial charge < -0.3 is 10.2 Å². The summed E-state index contributed by atoms with van der Waals surface area (Å²) in [6.45, 7) is 5.56. The van der Waals surface area contributed by atoms with Crippen molar-refractivity contribution in [1.82, 2.24) is 10.2 Å². The largest absolute Gasteiger partial charge is 0.342 e. The molecule has 3 heteroatoms. The lowest BCUT2D eigenvalue weighted by Crippen LogP contribution is -2.37. The average Bonchev–Trinajstić information content (AvgIpc) is 3.00. The first-order chi connectivity index (χ1) is 9.75. The van der Waals surface area contributed by atoms with Crippen molar-refractivity contribution >= 4 is 5.91 Å². The average molecular weight is 274 g/mol. The Balaban J connectivity index is 1.56. The van der Waals surface area contributed by atoms with Gasteiger partial charge in [0.1, 0.15) is 0 Å². The smallest absolute Gasteiger partial charge is 0.236 e. The summed E-state index contributed by atoms with van der Waals surface area (Å²) in [7, 11) is 0. The van der Waals surface area contributed by atoms with Crippen molar-refractivity contribution in [3.63, 3.8) is 0 Å². The molecule has 1 heterocycles. The second-order valence-electron chi connectivity index (χ2n) is 5.89. The van der Waals surface area contributed by atoms with E-state index in [0.29, 0.717) is 12.5 Å². The highest BCUT2D eigenvalue weighted by atomic mass is 16.2. The molecule has 0 aromatic carbocycles. The Morgan fingerprint density at radius 2 is 2.25 bits per heavy atom. The molecule has 1 fully saturated rings. The number of carbonyl (C=O) groups is 1. The molecule has 1 saturated heterocycles. The number of rotatable bonds is 7. The van der Waals surface area contributed by atoms with Crippen molar-refractivity contribution in [2.75, 3.05) is 26.2 Å². The number of likely N-dealkylation sites (tertiary alicyclic amines) is 1. The monoisotopic (exact) mass is 274 g/mol. The number of hydrogen-bond donors (Lipinski definition) is 1. The van der Waals surface area contributed by atoms with Crippen LogP contribution in [-0.4, -0.2) is 37.0 Å². The summed E-state index contributed by atoms with van der Waals surface area (Å²) in [5, 5.41) is 3.31. The van der Waals surface area contributed by atoms with Gasteiger partial charge in [0.15, 0.2) is 0 Å². The van der Waals surface area contributed by atoms with Crippen LogP contribution in [0.25, 0.3) is 0 Å². The molecule has 0 aromatic rings. The van der Waals surface area contributed by atoms with Crippen molar-refractivity contribution < 1.29 is 4.79 Å². The molecule has 1 N–H and O–H groups in total. The molecule has 0 bridgehead atoms. The molecule has 0 spiro atoms. The highest BCUT2D eigenvalue weighted by Gasteiger charge is 2.17. The summed E-state index contributed by atoms with van der Waals surface area (Å²) >= 11 is 0. The molecule has 1 amide bonds. The predicted octanol–water partition coefficient (Wildman–Crippen LogP) is 2.66. The lowest BCUT2D eigenvalue weighted by atomic mass is 9.99. The van der Waals surface area contributed by atoms with Gasteiger partial charge in [0, 0.05) is 13.1 Å². The number of carbonyl (C=O) groups excluding carboxylic acids is 1. The third kappa shape index (κ3) is 4.99. The minimum atomic E-state index is 0.262. The van der Waals surface area contributed by atoms with Crippen LogP contribution in [0.15, 0.2) is 29.5 Å². The maximum atomic E-state index is 11.9. The van der Waals surface area contributed by atoms with Gasteiger partial charge in [0.2, 0.25) is 5.91 Å². The lowest BCUT2D eigenvalue weighted by Gasteiger charge is -2.17. The van der Waals surface area contributed by atoms with E-state index in [0.717, 1.165) is 38.9 Å². The van der Waals surface area contributed by atoms with Crippen molar-refractivity contribution in [3.8, 4) is 0 Å². The molecule has 1 aliphatic heterocycles. The summed E-state index contributed by atoms with van der Waals surface area (Å²) in [4.78, 5) is 13.8. The summed E-state index contributed by atoms with van der Waals surface area (Å²) in [5.74, 6) is 0.861. The van der Waals surface area contributed by atoms with Gasteiger partial charge in [-0.15, -0.1) is 5.73 Å². The fourth-order valence-corrected chi connectivity index (χ4v) is 2.70. The minimum Gasteiger partial charge on any atom is -0.342 e. The van der Waals surface area contributed by atoms with Crippen molar-refractivity contribution in [1.29, 1.82) is 0 Å². The molecule has 2 rings (SSSR count). The van der Waals surface area contributed by atoms with Crippen LogP contribution < -0.4 is 5.32 Å². The zero-order chi connectivity index (χ0) is 14.2. The molecule has 0 saturated carbocycles. The zero-order valence-electron chi connectivity index (χ0n) is 12.5. The number of nitrogens with one attached hydrogen (secondary N) is 1. The van der Waals surface area contributed by atoms with E-state index >= 15 is 0 Å². The summed E-state index contributed by atoms with van der Waals surface area (Å²) in [6.07, 6.45) is 12.0. The Morgan fingerprint density at radius 3 is 2.95 bits per heavy atom. The topological polar surface area (TPSA) is 32.3 Å². The van der Waals surface area contributed by atoms with Gasteiger partial charge in [-0.25, -0.2) is 0 Å². The number of hydrogen-bond acceptors (Lipinski definition) is 2. The fourth-order valence-electron chi connectivity index (χ4n) is 2.70. The van der Waals surface area contributed by atoms with Crippen LogP contribution in [0.5, 0.6) is 0 Å². The van der Waals surface area contributed by atoms with Gasteiger partial charge in [0.25, 0.3) is 0 Å². The Hall–Kier alpha value is -1.31. The summed E-state index contributed by atoms with van der Waals surface area (Å²) < 4.78 is 0. The predicted molar refractivity (Wildman–Crippen MR) is 82.4 cm³/mol. The first-order valence-electron chi connectivity index (χ1n) is 7.84. The van der Waals surface area contributed by atoms with Crippen LogP contribution in [-0.2, 0) is 4.79 Å².